The van der Waals surface area contributed by atoms with Crippen LogP contribution in [0.15, 0.2) is 21.6 Å². The third-order valence-corrected chi connectivity index (χ3v) is 5.18. The van der Waals surface area contributed by atoms with Crippen LogP contribution in [-0.4, -0.2) is 20.0 Å². The van der Waals surface area contributed by atoms with E-state index < -0.39 is 10.0 Å². The van der Waals surface area contributed by atoms with Crippen molar-refractivity contribution in [3.8, 4) is 0 Å². The van der Waals surface area contributed by atoms with Crippen molar-refractivity contribution >= 4 is 10.0 Å². The van der Waals surface area contributed by atoms with Crippen LogP contribution in [0.3, 0.4) is 0 Å². The summed E-state index contributed by atoms with van der Waals surface area (Å²) in [5.74, 6) is 0.635. The quantitative estimate of drug-likeness (QED) is 0.846. The maximum atomic E-state index is 12.3. The predicted molar refractivity (Wildman–Crippen MR) is 77.9 cm³/mol. The minimum absolute atomic E-state index is 0.00572. The van der Waals surface area contributed by atoms with E-state index in [1.165, 1.54) is 6.07 Å². The zero-order valence-corrected chi connectivity index (χ0v) is 13.2. The van der Waals surface area contributed by atoms with Crippen LogP contribution in [0.5, 0.6) is 0 Å². The van der Waals surface area contributed by atoms with Gasteiger partial charge in [-0.2, -0.15) is 0 Å². The molecule has 20 heavy (non-hydrogen) atoms. The van der Waals surface area contributed by atoms with Crippen LogP contribution < -0.4 is 10.0 Å². The second-order valence-electron chi connectivity index (χ2n) is 6.13. The molecule has 0 spiro atoms. The molecular formula is C14H24N2O3S. The zero-order valence-electron chi connectivity index (χ0n) is 12.4. The van der Waals surface area contributed by atoms with E-state index in [9.17, 15) is 8.42 Å². The Morgan fingerprint density at radius 3 is 2.55 bits per heavy atom. The Hall–Kier alpha value is -0.850. The summed E-state index contributed by atoms with van der Waals surface area (Å²) in [6, 6.07) is 3.56. The summed E-state index contributed by atoms with van der Waals surface area (Å²) in [5.41, 5.74) is -0.331. The molecule has 6 heteroatoms. The van der Waals surface area contributed by atoms with Crippen LogP contribution >= 0.6 is 0 Å². The lowest BCUT2D eigenvalue weighted by molar-refractivity contribution is 0.378. The van der Waals surface area contributed by atoms with Crippen molar-refractivity contribution in [2.75, 3.05) is 0 Å². The summed E-state index contributed by atoms with van der Waals surface area (Å²) in [5, 5.41) is 3.20. The lowest BCUT2D eigenvalue weighted by atomic mass is 10.0. The molecule has 0 unspecified atom stereocenters. The van der Waals surface area contributed by atoms with Crippen molar-refractivity contribution in [2.45, 2.75) is 69.7 Å². The van der Waals surface area contributed by atoms with E-state index in [-0.39, 0.29) is 10.6 Å². The maximum absolute atomic E-state index is 12.3. The monoisotopic (exact) mass is 300 g/mol. The Kier molecular flexibility index (Phi) is 4.56. The smallest absolute Gasteiger partial charge is 0.274 e. The van der Waals surface area contributed by atoms with E-state index in [0.717, 1.165) is 25.7 Å². The summed E-state index contributed by atoms with van der Waals surface area (Å²) in [6.45, 7) is 6.55. The van der Waals surface area contributed by atoms with Gasteiger partial charge in [-0.1, -0.05) is 26.7 Å². The van der Waals surface area contributed by atoms with Gasteiger partial charge < -0.3 is 9.73 Å². The van der Waals surface area contributed by atoms with E-state index >= 15 is 0 Å². The molecule has 2 rings (SSSR count). The molecule has 1 aliphatic carbocycles. The highest BCUT2D eigenvalue weighted by Gasteiger charge is 2.34. The molecule has 0 saturated heterocycles. The van der Waals surface area contributed by atoms with E-state index in [1.807, 2.05) is 20.8 Å². The topological polar surface area (TPSA) is 71.3 Å². The summed E-state index contributed by atoms with van der Waals surface area (Å²) in [4.78, 5) is 0. The van der Waals surface area contributed by atoms with Crippen molar-refractivity contribution in [1.82, 2.24) is 10.0 Å². The van der Waals surface area contributed by atoms with Gasteiger partial charge in [-0.25, -0.2) is 13.1 Å². The van der Waals surface area contributed by atoms with Gasteiger partial charge in [-0.15, -0.1) is 0 Å². The Morgan fingerprint density at radius 2 is 1.95 bits per heavy atom. The molecule has 0 amide bonds. The van der Waals surface area contributed by atoms with Gasteiger partial charge in [0.1, 0.15) is 5.76 Å². The average molecular weight is 300 g/mol. The number of nitrogens with one attached hydrogen (secondary N) is 2. The number of hydrogen-bond acceptors (Lipinski definition) is 4. The van der Waals surface area contributed by atoms with Gasteiger partial charge in [0, 0.05) is 11.6 Å². The lowest BCUT2D eigenvalue weighted by Gasteiger charge is -2.23. The van der Waals surface area contributed by atoms with E-state index in [0.29, 0.717) is 18.3 Å². The van der Waals surface area contributed by atoms with Crippen molar-refractivity contribution in [3.05, 3.63) is 17.9 Å². The highest BCUT2D eigenvalue weighted by molar-refractivity contribution is 7.89. The highest BCUT2D eigenvalue weighted by atomic mass is 32.2. The van der Waals surface area contributed by atoms with Crippen molar-refractivity contribution in [2.24, 2.45) is 0 Å². The first-order chi connectivity index (χ1) is 9.31. The minimum Gasteiger partial charge on any atom is -0.447 e. The molecule has 114 valence electrons. The molecular weight excluding hydrogens is 276 g/mol. The standard InChI is InChI=1S/C14H24N2O3S/c1-11(2)15-10-12-6-7-13(19-12)20(17,18)16-14(3)8-4-5-9-14/h6-7,11,15-16H,4-5,8-10H2,1-3H3. The second-order valence-corrected chi connectivity index (χ2v) is 7.74. The van der Waals surface area contributed by atoms with E-state index in [2.05, 4.69) is 10.0 Å². The third kappa shape index (κ3) is 3.84. The predicted octanol–water partition coefficient (Wildman–Crippen LogP) is 2.39. The average Bonchev–Trinajstić information content (AvgIpc) is 2.95. The van der Waals surface area contributed by atoms with Gasteiger partial charge in [0.25, 0.3) is 10.0 Å². The largest absolute Gasteiger partial charge is 0.447 e. The van der Waals surface area contributed by atoms with Gasteiger partial charge >= 0.3 is 0 Å². The van der Waals surface area contributed by atoms with Crippen molar-refractivity contribution in [1.29, 1.82) is 0 Å². The molecule has 0 radical (unpaired) electrons. The molecule has 1 saturated carbocycles. The Labute approximate surface area is 121 Å². The van der Waals surface area contributed by atoms with Crippen molar-refractivity contribution < 1.29 is 12.8 Å². The molecule has 1 aliphatic rings. The lowest BCUT2D eigenvalue weighted by Crippen LogP contribution is -2.43. The van der Waals surface area contributed by atoms with Gasteiger partial charge in [-0.3, -0.25) is 0 Å². The number of furan rings is 1. The fourth-order valence-corrected chi connectivity index (χ4v) is 3.95. The minimum atomic E-state index is -3.56. The van der Waals surface area contributed by atoms with Crippen LogP contribution in [0, 0.1) is 0 Å². The van der Waals surface area contributed by atoms with Crippen LogP contribution in [0.1, 0.15) is 52.2 Å². The molecule has 1 heterocycles. The molecule has 1 aromatic rings. The highest BCUT2D eigenvalue weighted by Crippen LogP contribution is 2.30. The fraction of sp³-hybridized carbons (Fsp3) is 0.714. The SMILES string of the molecule is CC(C)NCc1ccc(S(=O)(=O)NC2(C)CCCC2)o1. The van der Waals surface area contributed by atoms with E-state index in [1.54, 1.807) is 6.07 Å². The Bertz CT molecular complexity index is 543. The molecule has 0 aromatic carbocycles. The summed E-state index contributed by atoms with van der Waals surface area (Å²) >= 11 is 0. The van der Waals surface area contributed by atoms with Crippen LogP contribution in [0.2, 0.25) is 0 Å². The Morgan fingerprint density at radius 1 is 1.30 bits per heavy atom. The van der Waals surface area contributed by atoms with Gasteiger partial charge in [0.2, 0.25) is 5.09 Å². The van der Waals surface area contributed by atoms with Gasteiger partial charge in [0.05, 0.1) is 6.54 Å². The van der Waals surface area contributed by atoms with Gasteiger partial charge in [-0.05, 0) is 31.9 Å². The van der Waals surface area contributed by atoms with Gasteiger partial charge in [0.15, 0.2) is 0 Å². The number of sulfonamides is 1. The Balaban J connectivity index is 2.06. The number of hydrogen-bond donors (Lipinski definition) is 2. The van der Waals surface area contributed by atoms with Crippen LogP contribution in [0.4, 0.5) is 0 Å². The second kappa shape index (κ2) is 5.87. The first kappa shape index (κ1) is 15.5. The number of rotatable bonds is 6. The van der Waals surface area contributed by atoms with E-state index in [4.69, 9.17) is 4.42 Å². The van der Waals surface area contributed by atoms with Crippen LogP contribution in [0.25, 0.3) is 0 Å². The molecule has 2 N–H and O–H groups in total. The molecule has 1 aromatic heterocycles. The molecule has 0 bridgehead atoms. The van der Waals surface area contributed by atoms with Crippen molar-refractivity contribution in [3.63, 3.8) is 0 Å². The molecule has 5 nitrogen and oxygen atoms in total. The zero-order chi connectivity index (χ0) is 14.8. The normalized spacial score (nSPS) is 18.8. The summed E-state index contributed by atoms with van der Waals surface area (Å²) < 4.78 is 32.9. The van der Waals surface area contributed by atoms with Crippen LogP contribution in [-0.2, 0) is 16.6 Å². The first-order valence-corrected chi connectivity index (χ1v) is 8.65. The third-order valence-electron chi connectivity index (χ3n) is 3.67. The fourth-order valence-electron chi connectivity index (χ4n) is 2.53. The summed E-state index contributed by atoms with van der Waals surface area (Å²) in [7, 11) is -3.56. The molecule has 1 fully saturated rings. The maximum Gasteiger partial charge on any atom is 0.274 e. The molecule has 0 atom stereocenters. The first-order valence-electron chi connectivity index (χ1n) is 7.17. The molecule has 0 aliphatic heterocycles. The summed E-state index contributed by atoms with van der Waals surface area (Å²) in [6.07, 6.45) is 3.91.